The molecule has 1 aromatic heterocycles. The van der Waals surface area contributed by atoms with Crippen molar-refractivity contribution < 1.29 is 33.4 Å². The highest BCUT2D eigenvalue weighted by Crippen LogP contribution is 2.34. The second-order valence-electron chi connectivity index (χ2n) is 8.15. The molecule has 5 amide bonds. The number of hydrogen-bond acceptors (Lipinski definition) is 8. The molecule has 3 aliphatic heterocycles. The summed E-state index contributed by atoms with van der Waals surface area (Å²) >= 11 is 0. The van der Waals surface area contributed by atoms with Gasteiger partial charge in [-0.05, 0) is 29.8 Å². The lowest BCUT2D eigenvalue weighted by atomic mass is 9.93. The van der Waals surface area contributed by atoms with E-state index in [2.05, 4.69) is 25.7 Å². The van der Waals surface area contributed by atoms with E-state index >= 15 is 0 Å². The number of anilines is 1. The summed E-state index contributed by atoms with van der Waals surface area (Å²) in [4.78, 5) is 55.8. The Labute approximate surface area is 199 Å². The molecular formula is C23H21N5O7. The molecule has 0 saturated carbocycles. The molecule has 3 N–H and O–H groups in total. The number of urea groups is 1. The third kappa shape index (κ3) is 3.78. The monoisotopic (exact) mass is 479 g/mol. The molecule has 0 bridgehead atoms. The van der Waals surface area contributed by atoms with Crippen LogP contribution in [-0.2, 0) is 27.4 Å². The highest BCUT2D eigenvalue weighted by atomic mass is 16.5. The molecule has 0 aliphatic carbocycles. The lowest BCUT2D eigenvalue weighted by Crippen LogP contribution is -2.57. The van der Waals surface area contributed by atoms with Crippen molar-refractivity contribution in [3.05, 3.63) is 58.5 Å². The van der Waals surface area contributed by atoms with Crippen molar-refractivity contribution in [1.29, 1.82) is 0 Å². The molecule has 35 heavy (non-hydrogen) atoms. The quantitative estimate of drug-likeness (QED) is 0.545. The van der Waals surface area contributed by atoms with Crippen LogP contribution in [0.5, 0.6) is 5.75 Å². The van der Waals surface area contributed by atoms with Crippen LogP contribution in [0.2, 0.25) is 0 Å². The molecule has 180 valence electrons. The maximum Gasteiger partial charge on any atom is 0.412 e. The van der Waals surface area contributed by atoms with Gasteiger partial charge in [-0.2, -0.15) is 0 Å². The molecular weight excluding hydrogens is 458 g/mol. The first kappa shape index (κ1) is 22.2. The minimum absolute atomic E-state index is 0.0724. The van der Waals surface area contributed by atoms with Crippen molar-refractivity contribution in [3.8, 4) is 5.75 Å². The second-order valence-corrected chi connectivity index (χ2v) is 8.15. The van der Waals surface area contributed by atoms with Crippen LogP contribution in [0.3, 0.4) is 0 Å². The van der Waals surface area contributed by atoms with Crippen LogP contribution < -0.4 is 20.7 Å². The summed E-state index contributed by atoms with van der Waals surface area (Å²) in [5, 5.41) is 7.36. The van der Waals surface area contributed by atoms with Gasteiger partial charge < -0.3 is 24.4 Å². The topological polar surface area (TPSA) is 148 Å². The standard InChI is InChI=1S/C23H21N5O7/c1-33-14-5-3-12-9-28(19(29)15(12)7-14)11-23(20(30)26-21(31)27-23)17-8-16-13(10-35-17)4-6-18(24-16)25-22(32)34-2/h3-8H,9-11H2,1-2H3,(H,24,25,32)(H2,26,27,30,31)/t23-/m0/s1. The van der Waals surface area contributed by atoms with E-state index < -0.39 is 23.6 Å². The number of pyridine rings is 1. The maximum atomic E-state index is 13.1. The zero-order chi connectivity index (χ0) is 24.7. The lowest BCUT2D eigenvalue weighted by molar-refractivity contribution is -0.124. The average molecular weight is 479 g/mol. The summed E-state index contributed by atoms with van der Waals surface area (Å²) < 4.78 is 15.7. The van der Waals surface area contributed by atoms with Gasteiger partial charge in [0.1, 0.15) is 23.9 Å². The van der Waals surface area contributed by atoms with Crippen molar-refractivity contribution in [2.45, 2.75) is 18.7 Å². The van der Waals surface area contributed by atoms with Gasteiger partial charge in [-0.15, -0.1) is 0 Å². The Hall–Kier alpha value is -4.61. The second kappa shape index (κ2) is 8.31. The molecule has 4 heterocycles. The van der Waals surface area contributed by atoms with Gasteiger partial charge in [-0.3, -0.25) is 20.2 Å². The molecule has 5 rings (SSSR count). The molecule has 1 fully saturated rings. The van der Waals surface area contributed by atoms with E-state index in [9.17, 15) is 19.2 Å². The SMILES string of the molecule is COC(=O)Nc1ccc2c(n1)C=C([C@]1(CN3Cc4ccc(OC)cc4C3=O)NC(=O)NC1=O)OC2. The fraction of sp³-hybridized carbons (Fsp3) is 0.261. The zero-order valence-electron chi connectivity index (χ0n) is 18.8. The first-order chi connectivity index (χ1) is 16.8. The van der Waals surface area contributed by atoms with Gasteiger partial charge >= 0.3 is 12.1 Å². The number of amides is 5. The number of nitrogens with one attached hydrogen (secondary N) is 3. The van der Waals surface area contributed by atoms with E-state index in [0.717, 1.165) is 5.56 Å². The minimum atomic E-state index is -1.66. The molecule has 0 unspecified atom stereocenters. The fourth-order valence-corrected chi connectivity index (χ4v) is 4.28. The fourth-order valence-electron chi connectivity index (χ4n) is 4.28. The van der Waals surface area contributed by atoms with Gasteiger partial charge in [0, 0.05) is 23.7 Å². The summed E-state index contributed by atoms with van der Waals surface area (Å²) in [5.74, 6) is -0.0503. The van der Waals surface area contributed by atoms with Gasteiger partial charge in [-0.25, -0.2) is 14.6 Å². The Bertz CT molecular complexity index is 1310. The van der Waals surface area contributed by atoms with Gasteiger partial charge in [-0.1, -0.05) is 6.07 Å². The van der Waals surface area contributed by atoms with Crippen molar-refractivity contribution in [1.82, 2.24) is 20.5 Å². The largest absolute Gasteiger partial charge is 0.497 e. The molecule has 0 radical (unpaired) electrons. The molecule has 12 nitrogen and oxygen atoms in total. The number of ether oxygens (including phenoxy) is 3. The van der Waals surface area contributed by atoms with Crippen molar-refractivity contribution >= 4 is 35.8 Å². The van der Waals surface area contributed by atoms with E-state index in [4.69, 9.17) is 9.47 Å². The molecule has 12 heteroatoms. The number of benzene rings is 1. The first-order valence-electron chi connectivity index (χ1n) is 10.6. The summed E-state index contributed by atoms with van der Waals surface area (Å²) in [6.07, 6.45) is 0.833. The Kier molecular flexibility index (Phi) is 5.27. The third-order valence-corrected chi connectivity index (χ3v) is 6.06. The van der Waals surface area contributed by atoms with Crippen molar-refractivity contribution in [2.24, 2.45) is 0 Å². The van der Waals surface area contributed by atoms with Gasteiger partial charge in [0.05, 0.1) is 26.5 Å². The summed E-state index contributed by atoms with van der Waals surface area (Å²) in [5.41, 5.74) is 0.729. The molecule has 1 atom stereocenters. The Morgan fingerprint density at radius 2 is 2.00 bits per heavy atom. The van der Waals surface area contributed by atoms with Gasteiger partial charge in [0.2, 0.25) is 0 Å². The number of fused-ring (bicyclic) bond motifs is 2. The van der Waals surface area contributed by atoms with Crippen LogP contribution in [-0.4, -0.2) is 60.1 Å². The number of rotatable bonds is 5. The van der Waals surface area contributed by atoms with Crippen LogP contribution in [0.4, 0.5) is 15.4 Å². The number of methoxy groups -OCH3 is 2. The first-order valence-corrected chi connectivity index (χ1v) is 10.6. The van der Waals surface area contributed by atoms with E-state index in [1.165, 1.54) is 25.2 Å². The van der Waals surface area contributed by atoms with E-state index in [0.29, 0.717) is 22.6 Å². The molecule has 1 aromatic carbocycles. The lowest BCUT2D eigenvalue weighted by Gasteiger charge is -2.34. The average Bonchev–Trinajstić information content (AvgIpc) is 3.32. The number of carbonyl (C=O) groups is 4. The van der Waals surface area contributed by atoms with Gasteiger partial charge in [0.15, 0.2) is 5.54 Å². The van der Waals surface area contributed by atoms with Crippen molar-refractivity contribution in [3.63, 3.8) is 0 Å². The number of imide groups is 1. The van der Waals surface area contributed by atoms with E-state index in [1.807, 2.05) is 0 Å². The third-order valence-electron chi connectivity index (χ3n) is 6.06. The number of carbonyl (C=O) groups excluding carboxylic acids is 4. The smallest absolute Gasteiger partial charge is 0.412 e. The van der Waals surface area contributed by atoms with E-state index in [-0.39, 0.29) is 37.2 Å². The molecule has 2 aromatic rings. The van der Waals surface area contributed by atoms with Crippen LogP contribution in [0.25, 0.3) is 6.08 Å². The van der Waals surface area contributed by atoms with Crippen LogP contribution in [0.1, 0.15) is 27.2 Å². The minimum Gasteiger partial charge on any atom is -0.497 e. The van der Waals surface area contributed by atoms with Crippen molar-refractivity contribution in [2.75, 3.05) is 26.1 Å². The number of nitrogens with zero attached hydrogens (tertiary/aromatic N) is 2. The van der Waals surface area contributed by atoms with Crippen LogP contribution in [0.15, 0.2) is 36.1 Å². The number of aromatic nitrogens is 1. The Balaban J connectivity index is 1.49. The summed E-state index contributed by atoms with van der Waals surface area (Å²) in [6.45, 7) is 0.156. The number of hydrogen-bond donors (Lipinski definition) is 3. The predicted octanol–water partition coefficient (Wildman–Crippen LogP) is 1.37. The highest BCUT2D eigenvalue weighted by molar-refractivity contribution is 6.10. The maximum absolute atomic E-state index is 13.1. The molecule has 0 spiro atoms. The summed E-state index contributed by atoms with van der Waals surface area (Å²) in [6, 6.07) is 7.79. The molecule has 3 aliphatic rings. The van der Waals surface area contributed by atoms with Gasteiger partial charge in [0.25, 0.3) is 11.8 Å². The predicted molar refractivity (Wildman–Crippen MR) is 120 cm³/mol. The highest BCUT2D eigenvalue weighted by Gasteiger charge is 2.53. The Morgan fingerprint density at radius 3 is 2.71 bits per heavy atom. The summed E-state index contributed by atoms with van der Waals surface area (Å²) in [7, 11) is 2.75. The van der Waals surface area contributed by atoms with E-state index in [1.54, 1.807) is 30.3 Å². The van der Waals surface area contributed by atoms with Crippen LogP contribution in [0, 0.1) is 0 Å². The van der Waals surface area contributed by atoms with Crippen LogP contribution >= 0.6 is 0 Å². The normalized spacial score (nSPS) is 20.2. The molecule has 1 saturated heterocycles. The zero-order valence-corrected chi connectivity index (χ0v) is 18.8. The Morgan fingerprint density at radius 1 is 1.20 bits per heavy atom.